The van der Waals surface area contributed by atoms with E-state index in [0.717, 1.165) is 0 Å². The summed E-state index contributed by atoms with van der Waals surface area (Å²) in [4.78, 5) is 0.187. The van der Waals surface area contributed by atoms with Crippen molar-refractivity contribution in [3.63, 3.8) is 0 Å². The maximum Gasteiger partial charge on any atom is 0.240 e. The Hall–Kier alpha value is -0.340. The van der Waals surface area contributed by atoms with E-state index >= 15 is 0 Å². The SMILES string of the molecule is COc1ccc(S(=O)(=O)NC(CN)CC(C)C)cc1Br.Cl. The predicted molar refractivity (Wildman–Crippen MR) is 90.6 cm³/mol. The number of benzene rings is 1. The lowest BCUT2D eigenvalue weighted by Crippen LogP contribution is -2.40. The van der Waals surface area contributed by atoms with Gasteiger partial charge in [-0.15, -0.1) is 12.4 Å². The minimum Gasteiger partial charge on any atom is -0.496 e. The van der Waals surface area contributed by atoms with E-state index in [-0.39, 0.29) is 29.9 Å². The molecule has 0 aliphatic heterocycles. The van der Waals surface area contributed by atoms with Crippen molar-refractivity contribution in [2.75, 3.05) is 13.7 Å². The summed E-state index contributed by atoms with van der Waals surface area (Å²) in [7, 11) is -2.05. The van der Waals surface area contributed by atoms with Crippen LogP contribution in [0, 0.1) is 5.92 Å². The lowest BCUT2D eigenvalue weighted by Gasteiger charge is -2.19. The molecule has 5 nitrogen and oxygen atoms in total. The molecule has 0 radical (unpaired) electrons. The maximum atomic E-state index is 12.3. The zero-order chi connectivity index (χ0) is 15.3. The first-order valence-electron chi connectivity index (χ1n) is 6.36. The maximum absolute atomic E-state index is 12.3. The number of rotatable bonds is 7. The second-order valence-electron chi connectivity index (χ2n) is 4.98. The fraction of sp³-hybridized carbons (Fsp3) is 0.538. The van der Waals surface area contributed by atoms with E-state index in [9.17, 15) is 8.42 Å². The first-order valence-corrected chi connectivity index (χ1v) is 8.63. The number of nitrogens with two attached hydrogens (primary N) is 1. The Morgan fingerprint density at radius 2 is 2.00 bits per heavy atom. The zero-order valence-electron chi connectivity index (χ0n) is 12.3. The van der Waals surface area contributed by atoms with Gasteiger partial charge in [-0.3, -0.25) is 0 Å². The Morgan fingerprint density at radius 3 is 2.43 bits per heavy atom. The molecule has 3 N–H and O–H groups in total. The molecule has 1 aromatic carbocycles. The van der Waals surface area contributed by atoms with Crippen molar-refractivity contribution in [1.82, 2.24) is 4.72 Å². The van der Waals surface area contributed by atoms with Gasteiger partial charge in [0.05, 0.1) is 16.5 Å². The largest absolute Gasteiger partial charge is 0.496 e. The molecule has 1 atom stereocenters. The molecule has 8 heteroatoms. The lowest BCUT2D eigenvalue weighted by atomic mass is 10.1. The highest BCUT2D eigenvalue weighted by atomic mass is 79.9. The fourth-order valence-electron chi connectivity index (χ4n) is 1.86. The third-order valence-electron chi connectivity index (χ3n) is 2.80. The first-order chi connectivity index (χ1) is 9.30. The highest BCUT2D eigenvalue weighted by Gasteiger charge is 2.20. The van der Waals surface area contributed by atoms with Crippen LogP contribution in [0.15, 0.2) is 27.6 Å². The first kappa shape index (κ1) is 20.7. The van der Waals surface area contributed by atoms with Crippen LogP contribution >= 0.6 is 28.3 Å². The van der Waals surface area contributed by atoms with Crippen LogP contribution in [0.25, 0.3) is 0 Å². The summed E-state index contributed by atoms with van der Waals surface area (Å²) in [6.45, 7) is 4.33. The van der Waals surface area contributed by atoms with E-state index in [2.05, 4.69) is 20.7 Å². The lowest BCUT2D eigenvalue weighted by molar-refractivity contribution is 0.411. The van der Waals surface area contributed by atoms with Crippen LogP contribution in [-0.4, -0.2) is 28.1 Å². The molecular weight excluding hydrogens is 380 g/mol. The molecule has 122 valence electrons. The summed E-state index contributed by atoms with van der Waals surface area (Å²) in [6.07, 6.45) is 0.701. The van der Waals surface area contributed by atoms with E-state index < -0.39 is 10.0 Å². The van der Waals surface area contributed by atoms with E-state index in [1.165, 1.54) is 19.2 Å². The van der Waals surface area contributed by atoms with Gasteiger partial charge in [0.2, 0.25) is 10.0 Å². The molecule has 0 saturated carbocycles. The molecule has 1 aromatic rings. The smallest absolute Gasteiger partial charge is 0.240 e. The van der Waals surface area contributed by atoms with Crippen molar-refractivity contribution >= 4 is 38.4 Å². The van der Waals surface area contributed by atoms with Crippen molar-refractivity contribution in [2.45, 2.75) is 31.2 Å². The number of nitrogens with one attached hydrogen (secondary N) is 1. The Balaban J connectivity index is 0.00000400. The quantitative estimate of drug-likeness (QED) is 0.735. The van der Waals surface area contributed by atoms with Crippen LogP contribution < -0.4 is 15.2 Å². The summed E-state index contributed by atoms with van der Waals surface area (Å²) in [5.74, 6) is 0.954. The van der Waals surface area contributed by atoms with Crippen LogP contribution in [0.3, 0.4) is 0 Å². The summed E-state index contributed by atoms with van der Waals surface area (Å²) in [6, 6.07) is 4.37. The molecule has 21 heavy (non-hydrogen) atoms. The molecule has 0 heterocycles. The van der Waals surface area contributed by atoms with Crippen LogP contribution in [0.2, 0.25) is 0 Å². The Kier molecular flexibility index (Phi) is 8.80. The summed E-state index contributed by atoms with van der Waals surface area (Å²) in [5.41, 5.74) is 5.63. The molecule has 0 amide bonds. The normalized spacial score (nSPS) is 12.9. The average Bonchev–Trinajstić information content (AvgIpc) is 2.36. The average molecular weight is 402 g/mol. The summed E-state index contributed by atoms with van der Waals surface area (Å²) in [5, 5.41) is 0. The summed E-state index contributed by atoms with van der Waals surface area (Å²) >= 11 is 3.28. The van der Waals surface area contributed by atoms with Gasteiger partial charge in [-0.05, 0) is 46.5 Å². The molecular formula is C13H22BrClN2O3S. The minimum absolute atomic E-state index is 0. The monoisotopic (exact) mass is 400 g/mol. The van der Waals surface area contributed by atoms with E-state index in [4.69, 9.17) is 10.5 Å². The highest BCUT2D eigenvalue weighted by molar-refractivity contribution is 9.10. The van der Waals surface area contributed by atoms with E-state index in [0.29, 0.717) is 22.6 Å². The third kappa shape index (κ3) is 6.12. The second kappa shape index (κ2) is 8.95. The molecule has 0 bridgehead atoms. The zero-order valence-corrected chi connectivity index (χ0v) is 15.5. The molecule has 0 spiro atoms. The van der Waals surface area contributed by atoms with E-state index in [1.807, 2.05) is 13.8 Å². The Morgan fingerprint density at radius 1 is 1.38 bits per heavy atom. The molecule has 1 unspecified atom stereocenters. The highest BCUT2D eigenvalue weighted by Crippen LogP contribution is 2.27. The van der Waals surface area contributed by atoms with Gasteiger partial charge in [0.1, 0.15) is 5.75 Å². The van der Waals surface area contributed by atoms with Gasteiger partial charge in [0, 0.05) is 12.6 Å². The van der Waals surface area contributed by atoms with Gasteiger partial charge in [0.15, 0.2) is 0 Å². The Bertz CT molecular complexity index is 552. The molecule has 0 aliphatic rings. The predicted octanol–water partition coefficient (Wildman–Crippen LogP) is 2.53. The molecule has 0 aromatic heterocycles. The molecule has 0 saturated heterocycles. The topological polar surface area (TPSA) is 81.4 Å². The third-order valence-corrected chi connectivity index (χ3v) is 4.93. The van der Waals surface area contributed by atoms with Gasteiger partial charge in [0.25, 0.3) is 0 Å². The number of hydrogen-bond acceptors (Lipinski definition) is 4. The van der Waals surface area contributed by atoms with Gasteiger partial charge in [-0.2, -0.15) is 0 Å². The number of hydrogen-bond donors (Lipinski definition) is 2. The van der Waals surface area contributed by atoms with Gasteiger partial charge in [-0.25, -0.2) is 13.1 Å². The van der Waals surface area contributed by atoms with Crippen LogP contribution in [-0.2, 0) is 10.0 Å². The van der Waals surface area contributed by atoms with Gasteiger partial charge < -0.3 is 10.5 Å². The van der Waals surface area contributed by atoms with Gasteiger partial charge in [-0.1, -0.05) is 13.8 Å². The Labute approximate surface area is 141 Å². The molecule has 0 fully saturated rings. The standard InChI is InChI=1S/C13H21BrN2O3S.ClH/c1-9(2)6-10(8-15)16-20(17,18)11-4-5-13(19-3)12(14)7-11;/h4-5,7,9-10,16H,6,8,15H2,1-3H3;1H. The van der Waals surface area contributed by atoms with Crippen molar-refractivity contribution < 1.29 is 13.2 Å². The molecule has 0 aliphatic carbocycles. The number of ether oxygens (including phenoxy) is 1. The number of sulfonamides is 1. The fourth-order valence-corrected chi connectivity index (χ4v) is 3.84. The molecule has 1 rings (SSSR count). The van der Waals surface area contributed by atoms with Crippen LogP contribution in [0.1, 0.15) is 20.3 Å². The van der Waals surface area contributed by atoms with Crippen LogP contribution in [0.4, 0.5) is 0 Å². The van der Waals surface area contributed by atoms with E-state index in [1.54, 1.807) is 6.07 Å². The number of halogens is 2. The van der Waals surface area contributed by atoms with Crippen molar-refractivity contribution in [2.24, 2.45) is 11.7 Å². The summed E-state index contributed by atoms with van der Waals surface area (Å²) < 4.78 is 32.9. The van der Waals surface area contributed by atoms with Crippen LogP contribution in [0.5, 0.6) is 5.75 Å². The number of methoxy groups -OCH3 is 1. The van der Waals surface area contributed by atoms with Crippen molar-refractivity contribution in [3.05, 3.63) is 22.7 Å². The van der Waals surface area contributed by atoms with Crippen molar-refractivity contribution in [3.8, 4) is 5.75 Å². The van der Waals surface area contributed by atoms with Crippen molar-refractivity contribution in [1.29, 1.82) is 0 Å². The second-order valence-corrected chi connectivity index (χ2v) is 7.55. The minimum atomic E-state index is -3.58. The van der Waals surface area contributed by atoms with Gasteiger partial charge >= 0.3 is 0 Å².